The summed E-state index contributed by atoms with van der Waals surface area (Å²) in [5.41, 5.74) is 1.14. The highest BCUT2D eigenvalue weighted by Gasteiger charge is 2.22. The minimum atomic E-state index is 0. The third-order valence-electron chi connectivity index (χ3n) is 3.76. The quantitative estimate of drug-likeness (QED) is 0.791. The van der Waals surface area contributed by atoms with E-state index in [0.717, 1.165) is 25.1 Å². The van der Waals surface area contributed by atoms with Crippen molar-refractivity contribution < 1.29 is 9.53 Å². The van der Waals surface area contributed by atoms with E-state index in [9.17, 15) is 4.79 Å². The molecule has 2 unspecified atom stereocenters. The van der Waals surface area contributed by atoms with Gasteiger partial charge < -0.3 is 15.4 Å². The van der Waals surface area contributed by atoms with Crippen molar-refractivity contribution in [1.29, 1.82) is 0 Å². The SMILES string of the molecule is CC1CCNCC1NC(=O)CCOCc1ccccc1.Cl. The second-order valence-corrected chi connectivity index (χ2v) is 5.43. The summed E-state index contributed by atoms with van der Waals surface area (Å²) in [6, 6.07) is 10.3. The minimum absolute atomic E-state index is 0. The van der Waals surface area contributed by atoms with Crippen LogP contribution in [0, 0.1) is 5.92 Å². The number of rotatable bonds is 6. The lowest BCUT2D eigenvalue weighted by Crippen LogP contribution is -2.50. The Kier molecular flexibility index (Phi) is 8.35. The van der Waals surface area contributed by atoms with Gasteiger partial charge in [0.05, 0.1) is 13.2 Å². The molecule has 0 aromatic heterocycles. The second-order valence-electron chi connectivity index (χ2n) is 5.43. The Labute approximate surface area is 133 Å². The van der Waals surface area contributed by atoms with Gasteiger partial charge in [-0.1, -0.05) is 37.3 Å². The van der Waals surface area contributed by atoms with Crippen molar-refractivity contribution in [3.8, 4) is 0 Å². The molecule has 118 valence electrons. The summed E-state index contributed by atoms with van der Waals surface area (Å²) in [6.45, 7) is 5.15. The Morgan fingerprint density at radius 3 is 2.86 bits per heavy atom. The van der Waals surface area contributed by atoms with Crippen molar-refractivity contribution in [3.63, 3.8) is 0 Å². The van der Waals surface area contributed by atoms with Crippen molar-refractivity contribution >= 4 is 18.3 Å². The van der Waals surface area contributed by atoms with Crippen molar-refractivity contribution in [2.24, 2.45) is 5.92 Å². The summed E-state index contributed by atoms with van der Waals surface area (Å²) >= 11 is 0. The van der Waals surface area contributed by atoms with Gasteiger partial charge in [0.2, 0.25) is 5.91 Å². The molecule has 1 aromatic carbocycles. The fraction of sp³-hybridized carbons (Fsp3) is 0.562. The van der Waals surface area contributed by atoms with Gasteiger partial charge in [0, 0.05) is 19.0 Å². The van der Waals surface area contributed by atoms with Crippen molar-refractivity contribution in [3.05, 3.63) is 35.9 Å². The van der Waals surface area contributed by atoms with Crippen LogP contribution in [0.4, 0.5) is 0 Å². The van der Waals surface area contributed by atoms with Crippen LogP contribution in [0.25, 0.3) is 0 Å². The Hall–Kier alpha value is -1.10. The van der Waals surface area contributed by atoms with E-state index in [-0.39, 0.29) is 24.4 Å². The van der Waals surface area contributed by atoms with Gasteiger partial charge >= 0.3 is 0 Å². The van der Waals surface area contributed by atoms with E-state index < -0.39 is 0 Å². The van der Waals surface area contributed by atoms with Gasteiger partial charge in [0.1, 0.15) is 0 Å². The average molecular weight is 313 g/mol. The molecule has 0 saturated carbocycles. The monoisotopic (exact) mass is 312 g/mol. The lowest BCUT2D eigenvalue weighted by molar-refractivity contribution is -0.123. The molecule has 5 heteroatoms. The van der Waals surface area contributed by atoms with Gasteiger partial charge in [-0.05, 0) is 24.4 Å². The molecule has 1 amide bonds. The number of nitrogens with one attached hydrogen (secondary N) is 2. The van der Waals surface area contributed by atoms with E-state index >= 15 is 0 Å². The number of ether oxygens (including phenoxy) is 1. The smallest absolute Gasteiger partial charge is 0.222 e. The third kappa shape index (κ3) is 6.46. The van der Waals surface area contributed by atoms with Crippen molar-refractivity contribution in [2.75, 3.05) is 19.7 Å². The number of hydrogen-bond acceptors (Lipinski definition) is 3. The molecule has 0 radical (unpaired) electrons. The molecule has 0 bridgehead atoms. The molecule has 2 rings (SSSR count). The summed E-state index contributed by atoms with van der Waals surface area (Å²) in [4.78, 5) is 11.8. The van der Waals surface area contributed by atoms with E-state index in [1.165, 1.54) is 0 Å². The van der Waals surface area contributed by atoms with Crippen LogP contribution in [-0.2, 0) is 16.1 Å². The van der Waals surface area contributed by atoms with E-state index in [1.54, 1.807) is 0 Å². The number of piperidine rings is 1. The fourth-order valence-corrected chi connectivity index (χ4v) is 2.39. The predicted molar refractivity (Wildman–Crippen MR) is 86.5 cm³/mol. The molecule has 1 heterocycles. The average Bonchev–Trinajstić information content (AvgIpc) is 2.47. The third-order valence-corrected chi connectivity index (χ3v) is 3.76. The zero-order valence-electron chi connectivity index (χ0n) is 12.5. The Morgan fingerprint density at radius 1 is 1.38 bits per heavy atom. The standard InChI is InChI=1S/C16H24N2O2.ClH/c1-13-7-9-17-11-15(13)18-16(19)8-10-20-12-14-5-3-2-4-6-14;/h2-6,13,15,17H,7-12H2,1H3,(H,18,19);1H. The normalized spacial score (nSPS) is 21.4. The van der Waals surface area contributed by atoms with Crippen LogP contribution in [0.1, 0.15) is 25.3 Å². The van der Waals surface area contributed by atoms with Crippen LogP contribution < -0.4 is 10.6 Å². The molecular formula is C16H25ClN2O2. The van der Waals surface area contributed by atoms with Crippen LogP contribution in [0.5, 0.6) is 0 Å². The first-order valence-corrected chi connectivity index (χ1v) is 7.37. The van der Waals surface area contributed by atoms with Gasteiger partial charge in [-0.15, -0.1) is 12.4 Å². The van der Waals surface area contributed by atoms with E-state index in [2.05, 4.69) is 17.6 Å². The molecule has 2 atom stereocenters. The maximum absolute atomic E-state index is 11.8. The number of hydrogen-bond donors (Lipinski definition) is 2. The van der Waals surface area contributed by atoms with Crippen molar-refractivity contribution in [1.82, 2.24) is 10.6 Å². The zero-order chi connectivity index (χ0) is 14.2. The predicted octanol–water partition coefficient (Wildman–Crippen LogP) is 2.13. The van der Waals surface area contributed by atoms with Gasteiger partial charge in [-0.3, -0.25) is 4.79 Å². The molecular weight excluding hydrogens is 288 g/mol. The fourth-order valence-electron chi connectivity index (χ4n) is 2.39. The van der Waals surface area contributed by atoms with E-state index in [1.807, 2.05) is 30.3 Å². The summed E-state index contributed by atoms with van der Waals surface area (Å²) < 4.78 is 5.53. The Bertz CT molecular complexity index is 414. The molecule has 21 heavy (non-hydrogen) atoms. The number of carbonyl (C=O) groups is 1. The lowest BCUT2D eigenvalue weighted by Gasteiger charge is -2.30. The number of amides is 1. The van der Waals surface area contributed by atoms with Crippen LogP contribution in [-0.4, -0.2) is 31.6 Å². The molecule has 2 N–H and O–H groups in total. The first-order valence-electron chi connectivity index (χ1n) is 7.37. The second kappa shape index (κ2) is 9.77. The van der Waals surface area contributed by atoms with Gasteiger partial charge in [0.25, 0.3) is 0 Å². The molecule has 1 aromatic rings. The van der Waals surface area contributed by atoms with Crippen LogP contribution >= 0.6 is 12.4 Å². The topological polar surface area (TPSA) is 50.4 Å². The zero-order valence-corrected chi connectivity index (χ0v) is 13.3. The van der Waals surface area contributed by atoms with Crippen LogP contribution in [0.15, 0.2) is 30.3 Å². The van der Waals surface area contributed by atoms with E-state index in [4.69, 9.17) is 4.74 Å². The van der Waals surface area contributed by atoms with E-state index in [0.29, 0.717) is 25.6 Å². The highest BCUT2D eigenvalue weighted by molar-refractivity contribution is 5.85. The minimum Gasteiger partial charge on any atom is -0.376 e. The summed E-state index contributed by atoms with van der Waals surface area (Å²) in [6.07, 6.45) is 1.55. The number of benzene rings is 1. The molecule has 0 aliphatic carbocycles. The number of halogens is 1. The molecule has 1 saturated heterocycles. The Balaban J connectivity index is 0.00000220. The summed E-state index contributed by atoms with van der Waals surface area (Å²) in [5.74, 6) is 0.629. The van der Waals surface area contributed by atoms with Gasteiger partial charge in [0.15, 0.2) is 0 Å². The highest BCUT2D eigenvalue weighted by Crippen LogP contribution is 2.11. The molecule has 0 spiro atoms. The first-order chi connectivity index (χ1) is 9.75. The van der Waals surface area contributed by atoms with Crippen LogP contribution in [0.2, 0.25) is 0 Å². The molecule has 1 fully saturated rings. The lowest BCUT2D eigenvalue weighted by atomic mass is 9.95. The molecule has 1 aliphatic heterocycles. The summed E-state index contributed by atoms with van der Waals surface area (Å²) in [7, 11) is 0. The van der Waals surface area contributed by atoms with Gasteiger partial charge in [-0.25, -0.2) is 0 Å². The molecule has 4 nitrogen and oxygen atoms in total. The van der Waals surface area contributed by atoms with Gasteiger partial charge in [-0.2, -0.15) is 0 Å². The molecule has 1 aliphatic rings. The maximum atomic E-state index is 11.8. The summed E-state index contributed by atoms with van der Waals surface area (Å²) in [5, 5.41) is 6.40. The largest absolute Gasteiger partial charge is 0.376 e. The van der Waals surface area contributed by atoms with Crippen molar-refractivity contribution in [2.45, 2.75) is 32.4 Å². The number of carbonyl (C=O) groups excluding carboxylic acids is 1. The van der Waals surface area contributed by atoms with Crippen LogP contribution in [0.3, 0.4) is 0 Å². The Morgan fingerprint density at radius 2 is 2.14 bits per heavy atom. The highest BCUT2D eigenvalue weighted by atomic mass is 35.5. The maximum Gasteiger partial charge on any atom is 0.222 e. The first kappa shape index (κ1) is 18.0.